The van der Waals surface area contributed by atoms with Gasteiger partial charge in [-0.05, 0) is 47.6 Å². The highest BCUT2D eigenvalue weighted by Gasteiger charge is 2.40. The summed E-state index contributed by atoms with van der Waals surface area (Å²) in [5.41, 5.74) is 3.44. The summed E-state index contributed by atoms with van der Waals surface area (Å²) < 4.78 is 29.5. The average molecular weight is 515 g/mol. The van der Waals surface area contributed by atoms with Crippen molar-refractivity contribution in [3.63, 3.8) is 0 Å². The number of halogens is 2. The zero-order valence-electron chi connectivity index (χ0n) is 20.7. The van der Waals surface area contributed by atoms with Crippen molar-refractivity contribution in [2.75, 3.05) is 6.54 Å². The van der Waals surface area contributed by atoms with Gasteiger partial charge in [0.15, 0.2) is 0 Å². The first kappa shape index (κ1) is 24.3. The van der Waals surface area contributed by atoms with Crippen LogP contribution in [0.15, 0.2) is 72.8 Å². The molecule has 1 aliphatic carbocycles. The zero-order valence-corrected chi connectivity index (χ0v) is 20.7. The van der Waals surface area contributed by atoms with E-state index in [2.05, 4.69) is 15.5 Å². The van der Waals surface area contributed by atoms with E-state index in [1.54, 1.807) is 6.07 Å². The number of aromatic nitrogens is 2. The van der Waals surface area contributed by atoms with Crippen LogP contribution in [0.3, 0.4) is 0 Å². The van der Waals surface area contributed by atoms with Crippen molar-refractivity contribution in [3.8, 4) is 0 Å². The van der Waals surface area contributed by atoms with Gasteiger partial charge in [-0.2, -0.15) is 5.10 Å². The molecule has 0 bridgehead atoms. The minimum absolute atomic E-state index is 0.0209. The topological polar surface area (TPSA) is 78.1 Å². The fraction of sp³-hybridized carbons (Fsp3) is 0.300. The average Bonchev–Trinajstić information content (AvgIpc) is 3.58. The molecule has 3 aromatic carbocycles. The van der Waals surface area contributed by atoms with E-state index in [1.165, 1.54) is 11.0 Å². The Hall–Kier alpha value is -4.07. The first-order valence-electron chi connectivity index (χ1n) is 13.0. The molecule has 2 fully saturated rings. The third-order valence-electron chi connectivity index (χ3n) is 7.54. The Kier molecular flexibility index (Phi) is 6.39. The highest BCUT2D eigenvalue weighted by Crippen LogP contribution is 2.42. The predicted octanol–water partition coefficient (Wildman–Crippen LogP) is 4.97. The van der Waals surface area contributed by atoms with Crippen LogP contribution in [-0.2, 0) is 16.0 Å². The summed E-state index contributed by atoms with van der Waals surface area (Å²) in [6.07, 6.45) is 0.558. The van der Waals surface area contributed by atoms with Gasteiger partial charge in [0, 0.05) is 11.8 Å². The number of rotatable bonds is 7. The second-order valence-electron chi connectivity index (χ2n) is 10.2. The van der Waals surface area contributed by atoms with Crippen LogP contribution in [0.5, 0.6) is 0 Å². The summed E-state index contributed by atoms with van der Waals surface area (Å²) in [4.78, 5) is 28.2. The largest absolute Gasteiger partial charge is 0.343 e. The van der Waals surface area contributed by atoms with Crippen LogP contribution >= 0.6 is 0 Å². The maximum atomic E-state index is 14.9. The smallest absolute Gasteiger partial charge is 0.243 e. The molecule has 8 heteroatoms. The molecule has 1 saturated carbocycles. The number of carbonyl (C=O) groups is 2. The van der Waals surface area contributed by atoms with Gasteiger partial charge in [0.25, 0.3) is 0 Å². The SMILES string of the molecule is O=C(N[C@@H](c1ccccc1)c1ccc(C2CC2)c(F)c1)[C@@H]1C[C@@H](F)CN1C(=O)Cc1[nH]nc2ccccc12. The molecule has 0 unspecified atom stereocenters. The van der Waals surface area contributed by atoms with Crippen LogP contribution in [0.25, 0.3) is 10.9 Å². The molecule has 2 N–H and O–H groups in total. The molecule has 6 nitrogen and oxygen atoms in total. The first-order chi connectivity index (χ1) is 18.5. The van der Waals surface area contributed by atoms with Gasteiger partial charge >= 0.3 is 0 Å². The van der Waals surface area contributed by atoms with E-state index in [-0.39, 0.29) is 37.0 Å². The Balaban J connectivity index is 1.24. The Bertz CT molecular complexity index is 1480. The Labute approximate surface area is 219 Å². The molecule has 2 aliphatic rings. The lowest BCUT2D eigenvalue weighted by molar-refractivity contribution is -0.138. The summed E-state index contributed by atoms with van der Waals surface area (Å²) in [5.74, 6) is -0.835. The van der Waals surface area contributed by atoms with Crippen LogP contribution in [0.2, 0.25) is 0 Å². The summed E-state index contributed by atoms with van der Waals surface area (Å²) in [6.45, 7) is -0.149. The van der Waals surface area contributed by atoms with E-state index in [0.29, 0.717) is 16.8 Å². The Morgan fingerprint density at radius 3 is 2.55 bits per heavy atom. The predicted molar refractivity (Wildman–Crippen MR) is 140 cm³/mol. The number of hydrogen-bond acceptors (Lipinski definition) is 3. The van der Waals surface area contributed by atoms with Crippen LogP contribution in [0.4, 0.5) is 8.78 Å². The fourth-order valence-electron chi connectivity index (χ4n) is 5.40. The van der Waals surface area contributed by atoms with Crippen molar-refractivity contribution in [3.05, 3.63) is 101 Å². The zero-order chi connectivity index (χ0) is 26.2. The molecular weight excluding hydrogens is 486 g/mol. The van der Waals surface area contributed by atoms with E-state index in [4.69, 9.17) is 0 Å². The second-order valence-corrected chi connectivity index (χ2v) is 10.2. The van der Waals surface area contributed by atoms with Crippen molar-refractivity contribution in [2.24, 2.45) is 0 Å². The number of nitrogens with zero attached hydrogens (tertiary/aromatic N) is 2. The summed E-state index contributed by atoms with van der Waals surface area (Å²) in [7, 11) is 0. The number of hydrogen-bond donors (Lipinski definition) is 2. The third-order valence-corrected chi connectivity index (χ3v) is 7.54. The van der Waals surface area contributed by atoms with E-state index in [0.717, 1.165) is 29.3 Å². The van der Waals surface area contributed by atoms with Crippen molar-refractivity contribution in [2.45, 2.75) is 49.9 Å². The van der Waals surface area contributed by atoms with Crippen LogP contribution < -0.4 is 5.32 Å². The standard InChI is InChI=1S/C30H28F2N4O2/c31-21-15-27(36(17-21)28(37)16-26-23-8-4-5-9-25(23)34-35-26)30(38)33-29(19-6-2-1-3-7-19)20-12-13-22(18-10-11-18)24(32)14-20/h1-9,12-14,18,21,27,29H,10-11,15-17H2,(H,33,38)(H,34,35)/t21-,27+,29+/m1/s1. The van der Waals surface area contributed by atoms with Crippen molar-refractivity contribution >= 4 is 22.7 Å². The van der Waals surface area contributed by atoms with Gasteiger partial charge in [-0.25, -0.2) is 8.78 Å². The molecule has 0 radical (unpaired) electrons. The van der Waals surface area contributed by atoms with Crippen LogP contribution in [-0.4, -0.2) is 45.7 Å². The van der Waals surface area contributed by atoms with Crippen LogP contribution in [0.1, 0.15) is 53.6 Å². The molecule has 1 aromatic heterocycles. The minimum Gasteiger partial charge on any atom is -0.343 e. The third kappa shape index (κ3) is 4.78. The van der Waals surface area contributed by atoms with E-state index >= 15 is 0 Å². The normalized spacial score (nSPS) is 20.0. The molecule has 194 valence electrons. The molecule has 0 spiro atoms. The number of nitrogens with one attached hydrogen (secondary N) is 2. The van der Waals surface area contributed by atoms with Crippen molar-refractivity contribution < 1.29 is 18.4 Å². The molecule has 2 heterocycles. The number of aromatic amines is 1. The summed E-state index contributed by atoms with van der Waals surface area (Å²) in [5, 5.41) is 10.9. The van der Waals surface area contributed by atoms with E-state index < -0.39 is 24.2 Å². The number of H-pyrrole nitrogens is 1. The fourth-order valence-corrected chi connectivity index (χ4v) is 5.40. The molecule has 2 amide bonds. The van der Waals surface area contributed by atoms with Gasteiger partial charge in [-0.1, -0.05) is 60.7 Å². The molecule has 4 aromatic rings. The Morgan fingerprint density at radius 1 is 1.03 bits per heavy atom. The van der Waals surface area contributed by atoms with Crippen molar-refractivity contribution in [1.82, 2.24) is 20.4 Å². The lowest BCUT2D eigenvalue weighted by atomic mass is 9.96. The molecular formula is C30H28F2N4O2. The lowest BCUT2D eigenvalue weighted by Gasteiger charge is -2.27. The highest BCUT2D eigenvalue weighted by atomic mass is 19.1. The van der Waals surface area contributed by atoms with Crippen molar-refractivity contribution in [1.29, 1.82) is 0 Å². The number of para-hydroxylation sites is 1. The number of benzene rings is 3. The molecule has 3 atom stereocenters. The number of fused-ring (bicyclic) bond motifs is 1. The Morgan fingerprint density at radius 2 is 1.79 bits per heavy atom. The van der Waals surface area contributed by atoms with Gasteiger partial charge in [0.2, 0.25) is 11.8 Å². The number of likely N-dealkylation sites (tertiary alicyclic amines) is 1. The summed E-state index contributed by atoms with van der Waals surface area (Å²) >= 11 is 0. The highest BCUT2D eigenvalue weighted by molar-refractivity contribution is 5.92. The van der Waals surface area contributed by atoms with Gasteiger partial charge in [-0.3, -0.25) is 14.7 Å². The number of carbonyl (C=O) groups excluding carboxylic acids is 2. The van der Waals surface area contributed by atoms with Gasteiger partial charge in [0.1, 0.15) is 18.0 Å². The first-order valence-corrected chi connectivity index (χ1v) is 13.0. The maximum Gasteiger partial charge on any atom is 0.243 e. The quantitative estimate of drug-likeness (QED) is 0.366. The van der Waals surface area contributed by atoms with Gasteiger partial charge in [0.05, 0.1) is 30.2 Å². The maximum absolute atomic E-state index is 14.9. The second kappa shape index (κ2) is 10.0. The van der Waals surface area contributed by atoms with Crippen LogP contribution in [0, 0.1) is 5.82 Å². The molecule has 1 aliphatic heterocycles. The lowest BCUT2D eigenvalue weighted by Crippen LogP contribution is -2.47. The minimum atomic E-state index is -1.31. The van der Waals surface area contributed by atoms with Gasteiger partial charge < -0.3 is 10.2 Å². The molecule has 38 heavy (non-hydrogen) atoms. The van der Waals surface area contributed by atoms with E-state index in [9.17, 15) is 18.4 Å². The molecule has 1 saturated heterocycles. The number of alkyl halides is 1. The summed E-state index contributed by atoms with van der Waals surface area (Å²) in [6, 6.07) is 20.2. The monoisotopic (exact) mass is 514 g/mol. The molecule has 6 rings (SSSR count). The van der Waals surface area contributed by atoms with Gasteiger partial charge in [-0.15, -0.1) is 0 Å². The van der Waals surface area contributed by atoms with E-state index in [1.807, 2.05) is 60.7 Å². The number of amides is 2.